The van der Waals surface area contributed by atoms with Crippen LogP contribution in [-0.4, -0.2) is 16.4 Å². The van der Waals surface area contributed by atoms with Gasteiger partial charge in [-0.05, 0) is 35.2 Å². The first-order valence-electron chi connectivity index (χ1n) is 5.85. The lowest BCUT2D eigenvalue weighted by molar-refractivity contribution is 0.0905. The van der Waals surface area contributed by atoms with Gasteiger partial charge in [-0.3, -0.25) is 4.68 Å². The highest BCUT2D eigenvalue weighted by Gasteiger charge is 2.13. The molecule has 1 atom stereocenters. The van der Waals surface area contributed by atoms with Crippen LogP contribution in [0.3, 0.4) is 0 Å². The molecule has 0 radical (unpaired) electrons. The summed E-state index contributed by atoms with van der Waals surface area (Å²) in [6, 6.07) is 0.420. The molecule has 1 rings (SSSR count). The lowest BCUT2D eigenvalue weighted by atomic mass is 10.2. The molecule has 0 amide bonds. The summed E-state index contributed by atoms with van der Waals surface area (Å²) < 4.78 is 8.75. The first kappa shape index (κ1) is 13.7. The molecule has 3 nitrogen and oxygen atoms in total. The Morgan fingerprint density at radius 2 is 2.12 bits per heavy atom. The van der Waals surface area contributed by atoms with Crippen LogP contribution in [0.5, 0.6) is 0 Å². The topological polar surface area (TPSA) is 27.1 Å². The highest BCUT2D eigenvalue weighted by molar-refractivity contribution is 9.10. The van der Waals surface area contributed by atoms with Crippen molar-refractivity contribution >= 4 is 15.9 Å². The van der Waals surface area contributed by atoms with Gasteiger partial charge in [0.1, 0.15) is 0 Å². The van der Waals surface area contributed by atoms with Crippen LogP contribution in [0.1, 0.15) is 45.9 Å². The Balaban J connectivity index is 2.66. The number of ether oxygens (including phenoxy) is 1. The second kappa shape index (κ2) is 6.40. The van der Waals surface area contributed by atoms with E-state index in [0.29, 0.717) is 18.6 Å². The third-order valence-corrected chi connectivity index (χ3v) is 3.21. The van der Waals surface area contributed by atoms with Crippen molar-refractivity contribution in [1.29, 1.82) is 0 Å². The number of rotatable bonds is 6. The van der Waals surface area contributed by atoms with Crippen molar-refractivity contribution in [3.63, 3.8) is 0 Å². The van der Waals surface area contributed by atoms with E-state index in [4.69, 9.17) is 4.74 Å². The van der Waals surface area contributed by atoms with Crippen LogP contribution in [0.2, 0.25) is 0 Å². The Labute approximate surface area is 106 Å². The van der Waals surface area contributed by atoms with Crippen LogP contribution >= 0.6 is 15.9 Å². The number of hydrogen-bond donors (Lipinski definition) is 0. The molecular weight excluding hydrogens is 268 g/mol. The zero-order valence-electron chi connectivity index (χ0n) is 10.5. The number of hydrogen-bond acceptors (Lipinski definition) is 2. The molecular formula is C12H21BrN2O. The van der Waals surface area contributed by atoms with Crippen LogP contribution in [0.4, 0.5) is 0 Å². The fourth-order valence-electron chi connectivity index (χ4n) is 1.45. The average molecular weight is 289 g/mol. The normalized spacial score (nSPS) is 13.4. The standard InChI is InChI=1S/C12H21BrN2O/c1-5-10(4)15-12(11(13)6-14-15)8-16-7-9(2)3/h6,9-10H,5,7-8H2,1-4H3. The number of nitrogens with zero attached hydrogens (tertiary/aromatic N) is 2. The van der Waals surface area contributed by atoms with E-state index in [2.05, 4.69) is 48.7 Å². The molecule has 1 aromatic heterocycles. The van der Waals surface area contributed by atoms with Crippen LogP contribution in [0.15, 0.2) is 10.7 Å². The average Bonchev–Trinajstić information content (AvgIpc) is 2.59. The Morgan fingerprint density at radius 1 is 1.44 bits per heavy atom. The minimum atomic E-state index is 0.420. The highest BCUT2D eigenvalue weighted by Crippen LogP contribution is 2.22. The van der Waals surface area contributed by atoms with Crippen molar-refractivity contribution in [3.8, 4) is 0 Å². The molecule has 0 aliphatic carbocycles. The van der Waals surface area contributed by atoms with Gasteiger partial charge in [0.2, 0.25) is 0 Å². The van der Waals surface area contributed by atoms with Gasteiger partial charge in [0.05, 0.1) is 23.0 Å². The summed E-state index contributed by atoms with van der Waals surface area (Å²) in [5.41, 5.74) is 1.13. The van der Waals surface area contributed by atoms with Crippen LogP contribution in [-0.2, 0) is 11.3 Å². The smallest absolute Gasteiger partial charge is 0.0896 e. The van der Waals surface area contributed by atoms with Gasteiger partial charge < -0.3 is 4.74 Å². The Hall–Kier alpha value is -0.350. The van der Waals surface area contributed by atoms with Gasteiger partial charge >= 0.3 is 0 Å². The molecule has 0 spiro atoms. The summed E-state index contributed by atoms with van der Waals surface area (Å²) >= 11 is 3.52. The third kappa shape index (κ3) is 3.59. The minimum absolute atomic E-state index is 0.420. The van der Waals surface area contributed by atoms with E-state index >= 15 is 0 Å². The van der Waals surface area contributed by atoms with Crippen LogP contribution in [0.25, 0.3) is 0 Å². The van der Waals surface area contributed by atoms with Gasteiger partial charge in [0, 0.05) is 12.6 Å². The molecule has 0 aliphatic heterocycles. The molecule has 4 heteroatoms. The van der Waals surface area contributed by atoms with Crippen molar-refractivity contribution in [2.24, 2.45) is 5.92 Å². The first-order chi connectivity index (χ1) is 7.56. The van der Waals surface area contributed by atoms with E-state index in [-0.39, 0.29) is 0 Å². The van der Waals surface area contributed by atoms with Crippen LogP contribution in [0, 0.1) is 5.92 Å². The fraction of sp³-hybridized carbons (Fsp3) is 0.750. The second-order valence-electron chi connectivity index (χ2n) is 4.55. The Bertz CT molecular complexity index is 323. The molecule has 92 valence electrons. The predicted octanol–water partition coefficient (Wildman–Crippen LogP) is 3.79. The van der Waals surface area contributed by atoms with E-state index in [1.165, 1.54) is 0 Å². The minimum Gasteiger partial charge on any atom is -0.375 e. The van der Waals surface area contributed by atoms with Crippen LogP contribution < -0.4 is 0 Å². The Morgan fingerprint density at radius 3 is 2.69 bits per heavy atom. The van der Waals surface area contributed by atoms with Crippen molar-refractivity contribution in [1.82, 2.24) is 9.78 Å². The summed E-state index contributed by atoms with van der Waals surface area (Å²) in [5, 5.41) is 4.37. The van der Waals surface area contributed by atoms with Gasteiger partial charge in [0.25, 0.3) is 0 Å². The summed E-state index contributed by atoms with van der Waals surface area (Å²) in [4.78, 5) is 0. The molecule has 0 aromatic carbocycles. The van der Waals surface area contributed by atoms with E-state index in [9.17, 15) is 0 Å². The van der Waals surface area contributed by atoms with Crippen molar-refractivity contribution in [2.75, 3.05) is 6.61 Å². The SMILES string of the molecule is CCC(C)n1ncc(Br)c1COCC(C)C. The van der Waals surface area contributed by atoms with Crippen molar-refractivity contribution in [3.05, 3.63) is 16.4 Å². The maximum atomic E-state index is 5.66. The summed E-state index contributed by atoms with van der Waals surface area (Å²) in [7, 11) is 0. The fourth-order valence-corrected chi connectivity index (χ4v) is 1.83. The van der Waals surface area contributed by atoms with Crippen molar-refractivity contribution < 1.29 is 4.74 Å². The first-order valence-corrected chi connectivity index (χ1v) is 6.65. The highest BCUT2D eigenvalue weighted by atomic mass is 79.9. The summed E-state index contributed by atoms with van der Waals surface area (Å²) in [6.45, 7) is 10.1. The van der Waals surface area contributed by atoms with E-state index < -0.39 is 0 Å². The second-order valence-corrected chi connectivity index (χ2v) is 5.40. The summed E-state index contributed by atoms with van der Waals surface area (Å²) in [5.74, 6) is 0.568. The maximum Gasteiger partial charge on any atom is 0.0896 e. The van der Waals surface area contributed by atoms with Crippen molar-refractivity contribution in [2.45, 2.75) is 46.8 Å². The molecule has 16 heavy (non-hydrogen) atoms. The summed E-state index contributed by atoms with van der Waals surface area (Å²) in [6.07, 6.45) is 2.92. The number of halogens is 1. The van der Waals surface area contributed by atoms with Gasteiger partial charge in [0.15, 0.2) is 0 Å². The lowest BCUT2D eigenvalue weighted by Crippen LogP contribution is -2.12. The monoisotopic (exact) mass is 288 g/mol. The van der Waals surface area contributed by atoms with E-state index in [1.807, 2.05) is 10.9 Å². The molecule has 1 aromatic rings. The zero-order chi connectivity index (χ0) is 12.1. The quantitative estimate of drug-likeness (QED) is 0.796. The molecule has 0 saturated heterocycles. The van der Waals surface area contributed by atoms with Gasteiger partial charge in [-0.25, -0.2) is 0 Å². The molecule has 1 unspecified atom stereocenters. The lowest BCUT2D eigenvalue weighted by Gasteiger charge is -2.14. The molecule has 0 N–H and O–H groups in total. The molecule has 0 saturated carbocycles. The predicted molar refractivity (Wildman–Crippen MR) is 69.4 cm³/mol. The molecule has 0 aliphatic rings. The number of aromatic nitrogens is 2. The Kier molecular flexibility index (Phi) is 5.49. The molecule has 1 heterocycles. The zero-order valence-corrected chi connectivity index (χ0v) is 12.1. The van der Waals surface area contributed by atoms with Gasteiger partial charge in [-0.15, -0.1) is 0 Å². The van der Waals surface area contributed by atoms with Gasteiger partial charge in [-0.2, -0.15) is 5.10 Å². The van der Waals surface area contributed by atoms with E-state index in [1.54, 1.807) is 0 Å². The third-order valence-electron chi connectivity index (χ3n) is 2.55. The van der Waals surface area contributed by atoms with Gasteiger partial charge in [-0.1, -0.05) is 20.8 Å². The maximum absolute atomic E-state index is 5.66. The van der Waals surface area contributed by atoms with E-state index in [0.717, 1.165) is 23.2 Å². The molecule has 0 fully saturated rings. The largest absolute Gasteiger partial charge is 0.375 e. The molecule has 0 bridgehead atoms.